The van der Waals surface area contributed by atoms with Crippen molar-refractivity contribution in [3.63, 3.8) is 0 Å². The van der Waals surface area contributed by atoms with E-state index in [1.54, 1.807) is 0 Å². The Morgan fingerprint density at radius 1 is 1.36 bits per heavy atom. The normalized spacial score (nSPS) is 11.6. The molecule has 0 saturated carbocycles. The zero-order chi connectivity index (χ0) is 10.9. The van der Waals surface area contributed by atoms with Crippen molar-refractivity contribution in [3.8, 4) is 0 Å². The molecular formula is C7H7BF3NO2. The van der Waals surface area contributed by atoms with Crippen LogP contribution in [0.3, 0.4) is 0 Å². The molecular weight excluding hydrogens is 198 g/mol. The Bertz CT molecular complexity index is 340. The van der Waals surface area contributed by atoms with Gasteiger partial charge in [-0.1, -0.05) is 0 Å². The number of halogens is 3. The molecule has 0 fully saturated rings. The van der Waals surface area contributed by atoms with Gasteiger partial charge in [0.2, 0.25) is 0 Å². The summed E-state index contributed by atoms with van der Waals surface area (Å²) in [6.45, 7) is 1.35. The van der Waals surface area contributed by atoms with E-state index in [1.165, 1.54) is 6.92 Å². The second-order valence-corrected chi connectivity index (χ2v) is 2.80. The van der Waals surface area contributed by atoms with Crippen molar-refractivity contribution in [1.82, 2.24) is 4.98 Å². The van der Waals surface area contributed by atoms with Gasteiger partial charge in [0, 0.05) is 11.7 Å². The van der Waals surface area contributed by atoms with Gasteiger partial charge in [-0.05, 0) is 18.6 Å². The van der Waals surface area contributed by atoms with Crippen molar-refractivity contribution in [1.29, 1.82) is 0 Å². The van der Waals surface area contributed by atoms with Crippen LogP contribution < -0.4 is 5.46 Å². The van der Waals surface area contributed by atoms with Gasteiger partial charge in [0.05, 0.1) is 0 Å². The maximum atomic E-state index is 12.1. The van der Waals surface area contributed by atoms with Crippen molar-refractivity contribution in [2.75, 3.05) is 0 Å². The van der Waals surface area contributed by atoms with Gasteiger partial charge in [0.1, 0.15) is 5.69 Å². The van der Waals surface area contributed by atoms with E-state index in [0.717, 1.165) is 12.3 Å². The summed E-state index contributed by atoms with van der Waals surface area (Å²) in [6.07, 6.45) is -3.70. The lowest BCUT2D eigenvalue weighted by Gasteiger charge is -2.09. The summed E-state index contributed by atoms with van der Waals surface area (Å²) in [5.74, 6) is 0. The third-order valence-corrected chi connectivity index (χ3v) is 1.72. The molecule has 7 heteroatoms. The fourth-order valence-electron chi connectivity index (χ4n) is 0.992. The molecule has 0 spiro atoms. The molecule has 1 rings (SSSR count). The minimum Gasteiger partial charge on any atom is -0.423 e. The van der Waals surface area contributed by atoms with Crippen LogP contribution >= 0.6 is 0 Å². The van der Waals surface area contributed by atoms with Crippen molar-refractivity contribution in [2.24, 2.45) is 0 Å². The highest BCUT2D eigenvalue weighted by Gasteiger charge is 2.33. The van der Waals surface area contributed by atoms with Gasteiger partial charge in [-0.3, -0.25) is 4.98 Å². The molecule has 0 bridgehead atoms. The number of alkyl halides is 3. The van der Waals surface area contributed by atoms with E-state index < -0.39 is 19.0 Å². The van der Waals surface area contributed by atoms with E-state index in [2.05, 4.69) is 4.98 Å². The average molecular weight is 205 g/mol. The van der Waals surface area contributed by atoms with Crippen LogP contribution in [0, 0.1) is 6.92 Å². The van der Waals surface area contributed by atoms with Crippen molar-refractivity contribution >= 4 is 12.6 Å². The molecule has 1 aromatic heterocycles. The zero-order valence-electron chi connectivity index (χ0n) is 7.21. The fourth-order valence-corrected chi connectivity index (χ4v) is 0.992. The van der Waals surface area contributed by atoms with Crippen LogP contribution in [0.4, 0.5) is 13.2 Å². The lowest BCUT2D eigenvalue weighted by molar-refractivity contribution is -0.141. The summed E-state index contributed by atoms with van der Waals surface area (Å²) in [7, 11) is -1.80. The average Bonchev–Trinajstić information content (AvgIpc) is 2.01. The Labute approximate surface area is 78.4 Å². The van der Waals surface area contributed by atoms with Crippen LogP contribution in [-0.4, -0.2) is 22.2 Å². The van der Waals surface area contributed by atoms with Crippen molar-refractivity contribution in [2.45, 2.75) is 13.1 Å². The standard InChI is InChI=1S/C7H7BF3NO2/c1-4-2-6(7(9,10)11)12-3-5(4)8(13)14/h2-3,13-14H,1H3. The number of aryl methyl sites for hydroxylation is 1. The second-order valence-electron chi connectivity index (χ2n) is 2.80. The molecule has 0 aliphatic carbocycles. The van der Waals surface area contributed by atoms with Crippen molar-refractivity contribution < 1.29 is 23.2 Å². The van der Waals surface area contributed by atoms with Gasteiger partial charge in [0.15, 0.2) is 0 Å². The van der Waals surface area contributed by atoms with Gasteiger partial charge >= 0.3 is 13.3 Å². The molecule has 14 heavy (non-hydrogen) atoms. The van der Waals surface area contributed by atoms with Crippen LogP contribution in [0.5, 0.6) is 0 Å². The lowest BCUT2D eigenvalue weighted by Crippen LogP contribution is -2.33. The summed E-state index contributed by atoms with van der Waals surface area (Å²) in [5.41, 5.74) is -0.931. The fraction of sp³-hybridized carbons (Fsp3) is 0.286. The van der Waals surface area contributed by atoms with Gasteiger partial charge < -0.3 is 10.0 Å². The van der Waals surface area contributed by atoms with Gasteiger partial charge in [0.25, 0.3) is 0 Å². The first-order valence-electron chi connectivity index (χ1n) is 3.72. The number of hydrogen-bond donors (Lipinski definition) is 2. The molecule has 0 aliphatic heterocycles. The molecule has 3 nitrogen and oxygen atoms in total. The van der Waals surface area contributed by atoms with Gasteiger partial charge in [-0.25, -0.2) is 0 Å². The van der Waals surface area contributed by atoms with Crippen LogP contribution in [-0.2, 0) is 6.18 Å². The molecule has 0 aliphatic rings. The number of rotatable bonds is 1. The maximum absolute atomic E-state index is 12.1. The van der Waals surface area contributed by atoms with Crippen molar-refractivity contribution in [3.05, 3.63) is 23.5 Å². The summed E-state index contributed by atoms with van der Waals surface area (Å²) >= 11 is 0. The summed E-state index contributed by atoms with van der Waals surface area (Å²) < 4.78 is 36.3. The smallest absolute Gasteiger partial charge is 0.423 e. The molecule has 1 aromatic rings. The molecule has 0 radical (unpaired) electrons. The highest BCUT2D eigenvalue weighted by atomic mass is 19.4. The first kappa shape index (κ1) is 11.0. The predicted octanol–water partition coefficient (Wildman–Crippen LogP) is 0.0886. The van der Waals surface area contributed by atoms with Crippen LogP contribution in [0.15, 0.2) is 12.3 Å². The highest BCUT2D eigenvalue weighted by Crippen LogP contribution is 2.27. The molecule has 0 amide bonds. The molecule has 0 atom stereocenters. The van der Waals surface area contributed by atoms with Crippen LogP contribution in [0.2, 0.25) is 0 Å². The maximum Gasteiger partial charge on any atom is 0.490 e. The summed E-state index contributed by atoms with van der Waals surface area (Å²) in [6, 6.07) is 0.773. The number of nitrogens with zero attached hydrogens (tertiary/aromatic N) is 1. The quantitative estimate of drug-likeness (QED) is 0.638. The molecule has 2 N–H and O–H groups in total. The molecule has 0 unspecified atom stereocenters. The third kappa shape index (κ3) is 2.24. The Hall–Kier alpha value is -1.08. The van der Waals surface area contributed by atoms with E-state index in [1.807, 2.05) is 0 Å². The van der Waals surface area contributed by atoms with Gasteiger partial charge in [-0.15, -0.1) is 0 Å². The topological polar surface area (TPSA) is 53.4 Å². The Morgan fingerprint density at radius 2 is 1.93 bits per heavy atom. The van der Waals surface area contributed by atoms with E-state index >= 15 is 0 Å². The third-order valence-electron chi connectivity index (χ3n) is 1.72. The van der Waals surface area contributed by atoms with E-state index in [4.69, 9.17) is 10.0 Å². The molecule has 0 saturated heterocycles. The number of aromatic nitrogens is 1. The molecule has 0 aromatic carbocycles. The zero-order valence-corrected chi connectivity index (χ0v) is 7.21. The SMILES string of the molecule is Cc1cc(C(F)(F)F)ncc1B(O)O. The number of hydrogen-bond acceptors (Lipinski definition) is 3. The largest absolute Gasteiger partial charge is 0.490 e. The minimum absolute atomic E-state index is 0.0296. The predicted molar refractivity (Wildman–Crippen MR) is 43.8 cm³/mol. The highest BCUT2D eigenvalue weighted by molar-refractivity contribution is 6.59. The van der Waals surface area contributed by atoms with E-state index in [-0.39, 0.29) is 11.0 Å². The molecule has 76 valence electrons. The van der Waals surface area contributed by atoms with Crippen LogP contribution in [0.25, 0.3) is 0 Å². The van der Waals surface area contributed by atoms with Gasteiger partial charge in [-0.2, -0.15) is 13.2 Å². The minimum atomic E-state index is -4.51. The first-order valence-corrected chi connectivity index (χ1v) is 3.72. The Balaban J connectivity index is 3.13. The second kappa shape index (κ2) is 3.59. The summed E-state index contributed by atoms with van der Waals surface area (Å²) in [4.78, 5) is 3.09. The number of pyridine rings is 1. The monoisotopic (exact) mass is 205 g/mol. The Kier molecular flexibility index (Phi) is 2.82. The van der Waals surface area contributed by atoms with E-state index in [0.29, 0.717) is 0 Å². The molecule has 1 heterocycles. The summed E-state index contributed by atoms with van der Waals surface area (Å²) in [5, 5.41) is 17.5. The Morgan fingerprint density at radius 3 is 2.29 bits per heavy atom. The first-order chi connectivity index (χ1) is 6.32. The van der Waals surface area contributed by atoms with Crippen LogP contribution in [0.1, 0.15) is 11.3 Å². The lowest BCUT2D eigenvalue weighted by atomic mass is 9.78. The van der Waals surface area contributed by atoms with E-state index in [9.17, 15) is 13.2 Å².